The molecule has 0 saturated heterocycles. The van der Waals surface area contributed by atoms with E-state index in [1.165, 1.54) is 30.1 Å². The number of nitrogens with zero attached hydrogens (tertiary/aromatic N) is 5. The molecule has 3 heterocycles. The number of carbonyl (C=O) groups is 1. The smallest absolute Gasteiger partial charge is 0.416 e. The first kappa shape index (κ1) is 20.3. The lowest BCUT2D eigenvalue weighted by atomic mass is 10.0. The van der Waals surface area contributed by atoms with Crippen LogP contribution in [0.3, 0.4) is 0 Å². The van der Waals surface area contributed by atoms with Crippen molar-refractivity contribution in [2.45, 2.75) is 26.1 Å². The molecule has 0 radical (unpaired) electrons. The molecule has 31 heavy (non-hydrogen) atoms. The predicted octanol–water partition coefficient (Wildman–Crippen LogP) is 2.94. The van der Waals surface area contributed by atoms with Crippen LogP contribution in [0.15, 0.2) is 41.6 Å². The second-order valence-electron chi connectivity index (χ2n) is 6.94. The molecule has 1 atom stereocenters. The predicted molar refractivity (Wildman–Crippen MR) is 102 cm³/mol. The van der Waals surface area contributed by atoms with Gasteiger partial charge in [0.25, 0.3) is 5.56 Å². The molecule has 3 aromatic heterocycles. The number of carboxylic acid groups (broad SMARTS) is 1. The van der Waals surface area contributed by atoms with Crippen LogP contribution in [0.2, 0.25) is 0 Å². The molecule has 0 saturated carbocycles. The van der Waals surface area contributed by atoms with Crippen LogP contribution in [0.25, 0.3) is 17.0 Å². The number of aromatic amines is 1. The summed E-state index contributed by atoms with van der Waals surface area (Å²) in [4.78, 5) is 30.5. The summed E-state index contributed by atoms with van der Waals surface area (Å²) in [6.45, 7) is 3.00. The van der Waals surface area contributed by atoms with Gasteiger partial charge < -0.3 is 5.11 Å². The topological polar surface area (TPSA) is 119 Å². The Balaban J connectivity index is 1.78. The normalized spacial score (nSPS) is 12.9. The van der Waals surface area contributed by atoms with Crippen molar-refractivity contribution in [1.82, 2.24) is 29.5 Å². The van der Waals surface area contributed by atoms with Crippen molar-refractivity contribution in [1.29, 1.82) is 0 Å². The Hall–Kier alpha value is -3.96. The van der Waals surface area contributed by atoms with Gasteiger partial charge in [-0.25, -0.2) is 14.5 Å². The fraction of sp³-hybridized carbons (Fsp3) is 0.211. The lowest BCUT2D eigenvalue weighted by Crippen LogP contribution is -2.19. The third-order valence-electron chi connectivity index (χ3n) is 4.91. The highest BCUT2D eigenvalue weighted by atomic mass is 19.4. The summed E-state index contributed by atoms with van der Waals surface area (Å²) in [6, 6.07) is 3.28. The van der Waals surface area contributed by atoms with Crippen LogP contribution in [0.4, 0.5) is 13.2 Å². The molecule has 2 N–H and O–H groups in total. The fourth-order valence-corrected chi connectivity index (χ4v) is 3.26. The lowest BCUT2D eigenvalue weighted by molar-refractivity contribution is -0.138. The Bertz CT molecular complexity index is 1370. The maximum absolute atomic E-state index is 13.3. The number of aryl methyl sites for hydroxylation is 1. The van der Waals surface area contributed by atoms with Gasteiger partial charge in [0.05, 0.1) is 29.6 Å². The molecule has 0 aliphatic carbocycles. The molecular weight excluding hydrogens is 417 g/mol. The number of aromatic carboxylic acids is 1. The van der Waals surface area contributed by atoms with Crippen LogP contribution < -0.4 is 5.56 Å². The second-order valence-corrected chi connectivity index (χ2v) is 6.94. The summed E-state index contributed by atoms with van der Waals surface area (Å²) in [5.74, 6) is -1.21. The van der Waals surface area contributed by atoms with Gasteiger partial charge in [-0.3, -0.25) is 14.5 Å². The van der Waals surface area contributed by atoms with Crippen molar-refractivity contribution in [3.8, 4) is 5.95 Å². The minimum atomic E-state index is -4.50. The summed E-state index contributed by atoms with van der Waals surface area (Å²) in [5.41, 5.74) is -0.776. The van der Waals surface area contributed by atoms with Gasteiger partial charge in [0.15, 0.2) is 5.52 Å². The van der Waals surface area contributed by atoms with Crippen LogP contribution in [0, 0.1) is 6.92 Å². The fourth-order valence-electron chi connectivity index (χ4n) is 3.26. The average molecular weight is 432 g/mol. The first-order valence-corrected chi connectivity index (χ1v) is 9.00. The van der Waals surface area contributed by atoms with E-state index in [-0.39, 0.29) is 28.1 Å². The number of halogens is 3. The van der Waals surface area contributed by atoms with Crippen molar-refractivity contribution in [2.24, 2.45) is 0 Å². The van der Waals surface area contributed by atoms with E-state index in [0.29, 0.717) is 5.56 Å². The second kappa shape index (κ2) is 7.07. The van der Waals surface area contributed by atoms with Crippen molar-refractivity contribution in [2.75, 3.05) is 0 Å². The molecule has 0 unspecified atom stereocenters. The highest BCUT2D eigenvalue weighted by Crippen LogP contribution is 2.34. The molecular formula is C19H15F3N6O3. The molecule has 160 valence electrons. The Morgan fingerprint density at radius 2 is 1.97 bits per heavy atom. The summed E-state index contributed by atoms with van der Waals surface area (Å²) >= 11 is 0. The van der Waals surface area contributed by atoms with Gasteiger partial charge in [0, 0.05) is 6.20 Å². The Morgan fingerprint density at radius 1 is 1.23 bits per heavy atom. The van der Waals surface area contributed by atoms with E-state index in [1.54, 1.807) is 13.0 Å². The molecule has 0 fully saturated rings. The van der Waals surface area contributed by atoms with Gasteiger partial charge in [-0.2, -0.15) is 23.4 Å². The number of rotatable bonds is 4. The van der Waals surface area contributed by atoms with Crippen molar-refractivity contribution in [3.05, 3.63) is 69.4 Å². The van der Waals surface area contributed by atoms with Crippen LogP contribution in [-0.2, 0) is 6.18 Å². The van der Waals surface area contributed by atoms with E-state index in [1.807, 2.05) is 0 Å². The van der Waals surface area contributed by atoms with E-state index in [4.69, 9.17) is 5.11 Å². The minimum Gasteiger partial charge on any atom is -0.478 e. The molecule has 4 rings (SSSR count). The van der Waals surface area contributed by atoms with Gasteiger partial charge >= 0.3 is 12.1 Å². The number of carboxylic acids is 1. The average Bonchev–Trinajstić information content (AvgIpc) is 3.34. The summed E-state index contributed by atoms with van der Waals surface area (Å²) in [7, 11) is 0. The number of hydrogen-bond acceptors (Lipinski definition) is 5. The highest BCUT2D eigenvalue weighted by Gasteiger charge is 2.33. The van der Waals surface area contributed by atoms with E-state index in [2.05, 4.69) is 20.2 Å². The van der Waals surface area contributed by atoms with E-state index in [9.17, 15) is 22.8 Å². The van der Waals surface area contributed by atoms with Crippen LogP contribution in [0.1, 0.15) is 40.0 Å². The Kier molecular flexibility index (Phi) is 4.64. The van der Waals surface area contributed by atoms with Gasteiger partial charge in [-0.15, -0.1) is 0 Å². The number of alkyl halides is 3. The zero-order valence-electron chi connectivity index (χ0n) is 16.2. The monoisotopic (exact) mass is 432 g/mol. The lowest BCUT2D eigenvalue weighted by Gasteiger charge is -2.17. The first-order chi connectivity index (χ1) is 14.6. The summed E-state index contributed by atoms with van der Waals surface area (Å²) in [6.07, 6.45) is -0.901. The summed E-state index contributed by atoms with van der Waals surface area (Å²) < 4.78 is 42.2. The summed E-state index contributed by atoms with van der Waals surface area (Å²) in [5, 5.41) is 17.0. The zero-order valence-corrected chi connectivity index (χ0v) is 16.2. The number of H-pyrrole nitrogens is 1. The van der Waals surface area contributed by atoms with Crippen molar-refractivity contribution >= 4 is 17.0 Å². The van der Waals surface area contributed by atoms with Crippen LogP contribution in [0.5, 0.6) is 0 Å². The van der Waals surface area contributed by atoms with Gasteiger partial charge in [0.2, 0.25) is 5.95 Å². The largest absolute Gasteiger partial charge is 0.478 e. The molecule has 0 amide bonds. The van der Waals surface area contributed by atoms with E-state index >= 15 is 0 Å². The molecule has 0 aliphatic heterocycles. The maximum atomic E-state index is 13.3. The highest BCUT2D eigenvalue weighted by molar-refractivity contribution is 5.87. The van der Waals surface area contributed by atoms with Gasteiger partial charge in [-0.1, -0.05) is 12.1 Å². The number of hydrogen-bond donors (Lipinski definition) is 2. The molecule has 12 heteroatoms. The number of benzene rings is 1. The quantitative estimate of drug-likeness (QED) is 0.512. The molecule has 0 spiro atoms. The third-order valence-corrected chi connectivity index (χ3v) is 4.91. The first-order valence-electron chi connectivity index (χ1n) is 9.00. The van der Waals surface area contributed by atoms with Crippen molar-refractivity contribution in [3.63, 3.8) is 0 Å². The molecule has 1 aromatic carbocycles. The number of fused-ring (bicyclic) bond motifs is 1. The zero-order chi connectivity index (χ0) is 22.5. The Morgan fingerprint density at radius 3 is 2.61 bits per heavy atom. The molecule has 0 aliphatic rings. The van der Waals surface area contributed by atoms with E-state index < -0.39 is 29.3 Å². The van der Waals surface area contributed by atoms with Gasteiger partial charge in [-0.05, 0) is 31.0 Å². The third kappa shape index (κ3) is 3.56. The molecule has 9 nitrogen and oxygen atoms in total. The Labute approximate surface area is 171 Å². The minimum absolute atomic E-state index is 0.0214. The molecule has 4 aromatic rings. The standard InChI is InChI=1S/C19H15F3N6O3/c1-9-3-4-11(5-13(9)19(20,21)22)10(2)28-15-14(7-24-28)25-18(26-16(15)29)27-8-12(6-23-27)17(30)31/h3-8,10H,1-2H3,(H,30,31)(H,25,26,29)/t10-/m0/s1. The van der Waals surface area contributed by atoms with E-state index in [0.717, 1.165) is 16.9 Å². The SMILES string of the molecule is Cc1ccc([C@H](C)n2ncc3nc(-n4cc(C(=O)O)cn4)[nH]c(=O)c32)cc1C(F)(F)F. The van der Waals surface area contributed by atoms with Crippen molar-refractivity contribution < 1.29 is 23.1 Å². The number of aromatic nitrogens is 6. The molecule has 0 bridgehead atoms. The number of nitrogens with one attached hydrogen (secondary N) is 1. The maximum Gasteiger partial charge on any atom is 0.416 e. The van der Waals surface area contributed by atoms with Crippen LogP contribution >= 0.6 is 0 Å². The van der Waals surface area contributed by atoms with Gasteiger partial charge in [0.1, 0.15) is 5.52 Å². The van der Waals surface area contributed by atoms with Crippen LogP contribution in [-0.4, -0.2) is 40.6 Å².